The van der Waals surface area contributed by atoms with Gasteiger partial charge >= 0.3 is 0 Å². The molecule has 5 nitrogen and oxygen atoms in total. The number of aryl methyl sites for hydroxylation is 2. The van der Waals surface area contributed by atoms with Crippen LogP contribution in [0.2, 0.25) is 5.02 Å². The summed E-state index contributed by atoms with van der Waals surface area (Å²) >= 11 is 6.51. The summed E-state index contributed by atoms with van der Waals surface area (Å²) in [4.78, 5) is 0. The van der Waals surface area contributed by atoms with Crippen molar-refractivity contribution in [3.63, 3.8) is 0 Å². The third kappa shape index (κ3) is 3.97. The Morgan fingerprint density at radius 1 is 1.38 bits per heavy atom. The van der Waals surface area contributed by atoms with Crippen LogP contribution in [-0.2, 0) is 28.9 Å². The second-order valence-corrected chi connectivity index (χ2v) is 5.61. The van der Waals surface area contributed by atoms with Gasteiger partial charge in [-0.1, -0.05) is 25.4 Å². The molecular formula is C15H26ClN3O2. The van der Waals surface area contributed by atoms with E-state index in [0.29, 0.717) is 19.8 Å². The Kier molecular flexibility index (Phi) is 6.48. The molecule has 6 heteroatoms. The van der Waals surface area contributed by atoms with Crippen LogP contribution < -0.4 is 5.32 Å². The number of hydrogen-bond donors (Lipinski definition) is 1. The number of aromatic nitrogens is 2. The van der Waals surface area contributed by atoms with Gasteiger partial charge in [-0.15, -0.1) is 0 Å². The van der Waals surface area contributed by atoms with Crippen LogP contribution in [0.5, 0.6) is 0 Å². The Morgan fingerprint density at radius 3 is 2.76 bits per heavy atom. The first kappa shape index (κ1) is 16.7. The summed E-state index contributed by atoms with van der Waals surface area (Å²) < 4.78 is 13.4. The Morgan fingerprint density at radius 2 is 2.19 bits per heavy atom. The van der Waals surface area contributed by atoms with Crippen LogP contribution in [0.3, 0.4) is 0 Å². The molecule has 1 N–H and O–H groups in total. The molecule has 1 aliphatic heterocycles. The standard InChI is InChI=1S/C15H26ClN3O2/c1-4-11-15(16)13(19(6-3)18-11)9-12(17-5-2)14-10-20-7-8-21-14/h12,14,17H,4-10H2,1-3H3. The van der Waals surface area contributed by atoms with E-state index >= 15 is 0 Å². The van der Waals surface area contributed by atoms with Crippen molar-refractivity contribution in [3.05, 3.63) is 16.4 Å². The van der Waals surface area contributed by atoms with Crippen LogP contribution in [0, 0.1) is 0 Å². The third-order valence-electron chi connectivity index (χ3n) is 3.86. The van der Waals surface area contributed by atoms with Crippen LogP contribution in [0.15, 0.2) is 0 Å². The van der Waals surface area contributed by atoms with Gasteiger partial charge in [0.25, 0.3) is 0 Å². The van der Waals surface area contributed by atoms with Crippen LogP contribution >= 0.6 is 11.6 Å². The van der Waals surface area contributed by atoms with Crippen molar-refractivity contribution in [2.24, 2.45) is 0 Å². The normalized spacial score (nSPS) is 20.7. The summed E-state index contributed by atoms with van der Waals surface area (Å²) in [6.07, 6.45) is 1.73. The summed E-state index contributed by atoms with van der Waals surface area (Å²) in [5.41, 5.74) is 2.07. The molecule has 0 spiro atoms. The molecule has 0 amide bonds. The number of nitrogens with one attached hydrogen (secondary N) is 1. The SMILES string of the molecule is CCNC(Cc1c(Cl)c(CC)nn1CC)C1COCCO1. The van der Waals surface area contributed by atoms with E-state index in [-0.39, 0.29) is 12.1 Å². The maximum Gasteiger partial charge on any atom is 0.0965 e. The number of likely N-dealkylation sites (N-methyl/N-ethyl adjacent to an activating group) is 1. The molecule has 0 bridgehead atoms. The fourth-order valence-electron chi connectivity index (χ4n) is 2.76. The van der Waals surface area contributed by atoms with Gasteiger partial charge < -0.3 is 14.8 Å². The molecule has 2 rings (SSSR count). The molecule has 1 aromatic rings. The zero-order chi connectivity index (χ0) is 15.2. The molecule has 120 valence electrons. The van der Waals surface area contributed by atoms with Gasteiger partial charge in [-0.05, 0) is 19.9 Å². The molecule has 2 unspecified atom stereocenters. The zero-order valence-corrected chi connectivity index (χ0v) is 13.9. The van der Waals surface area contributed by atoms with Gasteiger partial charge in [0, 0.05) is 19.0 Å². The van der Waals surface area contributed by atoms with Gasteiger partial charge in [-0.2, -0.15) is 5.10 Å². The summed E-state index contributed by atoms with van der Waals surface area (Å²) in [5.74, 6) is 0. The predicted octanol–water partition coefficient (Wildman–Crippen LogP) is 2.05. The quantitative estimate of drug-likeness (QED) is 0.836. The Hall–Kier alpha value is -0.620. The first-order valence-corrected chi connectivity index (χ1v) is 8.25. The van der Waals surface area contributed by atoms with Gasteiger partial charge in [-0.3, -0.25) is 4.68 Å². The average molecular weight is 316 g/mol. The number of hydrogen-bond acceptors (Lipinski definition) is 4. The highest BCUT2D eigenvalue weighted by Gasteiger charge is 2.27. The van der Waals surface area contributed by atoms with Crippen molar-refractivity contribution in [2.75, 3.05) is 26.4 Å². The van der Waals surface area contributed by atoms with E-state index in [9.17, 15) is 0 Å². The molecule has 0 radical (unpaired) electrons. The molecule has 0 saturated carbocycles. The molecule has 1 aromatic heterocycles. The maximum absolute atomic E-state index is 6.51. The molecule has 2 heterocycles. The molecule has 21 heavy (non-hydrogen) atoms. The zero-order valence-electron chi connectivity index (χ0n) is 13.2. The lowest BCUT2D eigenvalue weighted by Gasteiger charge is -2.31. The molecular weight excluding hydrogens is 290 g/mol. The monoisotopic (exact) mass is 315 g/mol. The van der Waals surface area contributed by atoms with Gasteiger partial charge in [0.2, 0.25) is 0 Å². The predicted molar refractivity (Wildman–Crippen MR) is 84.0 cm³/mol. The summed E-state index contributed by atoms with van der Waals surface area (Å²) in [5, 5.41) is 8.90. The Bertz CT molecular complexity index is 444. The lowest BCUT2D eigenvalue weighted by Crippen LogP contribution is -2.48. The van der Waals surface area contributed by atoms with Gasteiger partial charge in [-0.25, -0.2) is 0 Å². The topological polar surface area (TPSA) is 48.3 Å². The van der Waals surface area contributed by atoms with E-state index in [1.54, 1.807) is 0 Å². The smallest absolute Gasteiger partial charge is 0.0965 e. The summed E-state index contributed by atoms with van der Waals surface area (Å²) in [6.45, 7) is 9.98. The van der Waals surface area contributed by atoms with E-state index in [2.05, 4.69) is 31.2 Å². The minimum Gasteiger partial charge on any atom is -0.376 e. The number of rotatable bonds is 7. The Balaban J connectivity index is 2.17. The van der Waals surface area contributed by atoms with Crippen molar-refractivity contribution in [1.29, 1.82) is 0 Å². The highest BCUT2D eigenvalue weighted by Crippen LogP contribution is 2.24. The van der Waals surface area contributed by atoms with Crippen molar-refractivity contribution < 1.29 is 9.47 Å². The van der Waals surface area contributed by atoms with Crippen molar-refractivity contribution >= 4 is 11.6 Å². The lowest BCUT2D eigenvalue weighted by atomic mass is 10.0. The van der Waals surface area contributed by atoms with E-state index in [4.69, 9.17) is 21.1 Å². The van der Waals surface area contributed by atoms with Gasteiger partial charge in [0.15, 0.2) is 0 Å². The number of nitrogens with zero attached hydrogens (tertiary/aromatic N) is 2. The maximum atomic E-state index is 6.51. The van der Waals surface area contributed by atoms with Gasteiger partial charge in [0.05, 0.1) is 42.3 Å². The first-order chi connectivity index (χ1) is 10.2. The van der Waals surface area contributed by atoms with Crippen molar-refractivity contribution in [3.8, 4) is 0 Å². The fourth-order valence-corrected chi connectivity index (χ4v) is 3.10. The second-order valence-electron chi connectivity index (χ2n) is 5.23. The minimum absolute atomic E-state index is 0.0695. The molecule has 0 aliphatic carbocycles. The first-order valence-electron chi connectivity index (χ1n) is 7.87. The van der Waals surface area contributed by atoms with E-state index < -0.39 is 0 Å². The fraction of sp³-hybridized carbons (Fsp3) is 0.800. The largest absolute Gasteiger partial charge is 0.376 e. The van der Waals surface area contributed by atoms with Gasteiger partial charge in [0.1, 0.15) is 0 Å². The summed E-state index contributed by atoms with van der Waals surface area (Å²) in [7, 11) is 0. The summed E-state index contributed by atoms with van der Waals surface area (Å²) in [6, 6.07) is 0.194. The minimum atomic E-state index is 0.0695. The third-order valence-corrected chi connectivity index (χ3v) is 4.30. The van der Waals surface area contributed by atoms with E-state index in [1.807, 2.05) is 4.68 Å². The second kappa shape index (κ2) is 8.13. The highest BCUT2D eigenvalue weighted by molar-refractivity contribution is 6.31. The Labute approximate surface area is 131 Å². The molecule has 1 saturated heterocycles. The lowest BCUT2D eigenvalue weighted by molar-refractivity contribution is -0.101. The van der Waals surface area contributed by atoms with Crippen LogP contribution in [-0.4, -0.2) is 48.3 Å². The van der Waals surface area contributed by atoms with Crippen LogP contribution in [0.1, 0.15) is 32.2 Å². The van der Waals surface area contributed by atoms with Crippen LogP contribution in [0.4, 0.5) is 0 Å². The molecule has 1 aliphatic rings. The van der Waals surface area contributed by atoms with Crippen LogP contribution in [0.25, 0.3) is 0 Å². The molecule has 2 atom stereocenters. The van der Waals surface area contributed by atoms with Crippen molar-refractivity contribution in [2.45, 2.75) is 52.3 Å². The van der Waals surface area contributed by atoms with E-state index in [1.165, 1.54) is 0 Å². The molecule has 0 aromatic carbocycles. The van der Waals surface area contributed by atoms with Crippen molar-refractivity contribution in [1.82, 2.24) is 15.1 Å². The number of halogens is 1. The van der Waals surface area contributed by atoms with E-state index in [0.717, 1.165) is 42.3 Å². The number of ether oxygens (including phenoxy) is 2. The molecule has 1 fully saturated rings. The highest BCUT2D eigenvalue weighted by atomic mass is 35.5. The average Bonchev–Trinajstić information content (AvgIpc) is 2.83.